The summed E-state index contributed by atoms with van der Waals surface area (Å²) in [6, 6.07) is 4.06. The monoisotopic (exact) mass is 298 g/mol. The highest BCUT2D eigenvalue weighted by Crippen LogP contribution is 2.28. The van der Waals surface area contributed by atoms with Gasteiger partial charge in [-0.2, -0.15) is 5.10 Å². The molecule has 4 nitrogen and oxygen atoms in total. The molecule has 2 aromatic rings. The molecule has 1 aromatic carbocycles. The molecule has 1 heterocycles. The molecular formula is C12H12ClFN4S. The van der Waals surface area contributed by atoms with Crippen LogP contribution in [0.25, 0.3) is 0 Å². The third-order valence-corrected chi connectivity index (χ3v) is 3.18. The van der Waals surface area contributed by atoms with E-state index in [-0.39, 0.29) is 10.8 Å². The summed E-state index contributed by atoms with van der Waals surface area (Å²) in [5.41, 5.74) is 7.44. The lowest BCUT2D eigenvalue weighted by molar-refractivity contribution is 0.628. The van der Waals surface area contributed by atoms with Crippen LogP contribution >= 0.6 is 23.8 Å². The van der Waals surface area contributed by atoms with Crippen molar-refractivity contribution < 1.29 is 4.39 Å². The first kappa shape index (κ1) is 13.8. The van der Waals surface area contributed by atoms with Gasteiger partial charge in [-0.3, -0.25) is 4.68 Å². The second kappa shape index (κ2) is 5.14. The van der Waals surface area contributed by atoms with Crippen LogP contribution in [-0.4, -0.2) is 14.8 Å². The standard InChI is InChI=1S/C12H12ClFN4S/c1-6-10(11(15)19)12(18(2)17-6)16-9-5-7(14)3-4-8(9)13/h3-5,16H,1-2H3,(H2,15,19). The molecule has 0 spiro atoms. The molecule has 0 amide bonds. The first-order valence-corrected chi connectivity index (χ1v) is 6.24. The summed E-state index contributed by atoms with van der Waals surface area (Å²) in [5, 5.41) is 7.64. The summed E-state index contributed by atoms with van der Waals surface area (Å²) in [4.78, 5) is 0.223. The third kappa shape index (κ3) is 2.69. The highest BCUT2D eigenvalue weighted by Gasteiger charge is 2.16. The molecule has 3 N–H and O–H groups in total. The smallest absolute Gasteiger partial charge is 0.138 e. The molecule has 0 aliphatic rings. The lowest BCUT2D eigenvalue weighted by Crippen LogP contribution is -2.13. The quantitative estimate of drug-likeness (QED) is 0.856. The number of thiocarbonyl (C=S) groups is 1. The van der Waals surface area contributed by atoms with Gasteiger partial charge in [0.25, 0.3) is 0 Å². The predicted octanol–water partition coefficient (Wildman–Crippen LogP) is 2.90. The van der Waals surface area contributed by atoms with Gasteiger partial charge in [0.05, 0.1) is 22.0 Å². The van der Waals surface area contributed by atoms with Gasteiger partial charge in [0, 0.05) is 7.05 Å². The molecule has 0 aliphatic heterocycles. The maximum absolute atomic E-state index is 13.2. The lowest BCUT2D eigenvalue weighted by atomic mass is 10.2. The number of hydrogen-bond acceptors (Lipinski definition) is 3. The molecule has 7 heteroatoms. The van der Waals surface area contributed by atoms with E-state index in [1.807, 2.05) is 0 Å². The zero-order chi connectivity index (χ0) is 14.2. The molecule has 0 unspecified atom stereocenters. The van der Waals surface area contributed by atoms with Crippen molar-refractivity contribution in [1.82, 2.24) is 9.78 Å². The van der Waals surface area contributed by atoms with Crippen molar-refractivity contribution in [2.45, 2.75) is 6.92 Å². The van der Waals surface area contributed by atoms with E-state index in [2.05, 4.69) is 10.4 Å². The molecule has 0 saturated carbocycles. The first-order chi connectivity index (χ1) is 8.90. The fourth-order valence-corrected chi connectivity index (χ4v) is 2.23. The van der Waals surface area contributed by atoms with Crippen molar-refractivity contribution in [2.24, 2.45) is 12.8 Å². The van der Waals surface area contributed by atoms with Crippen LogP contribution in [0.1, 0.15) is 11.3 Å². The minimum atomic E-state index is -0.386. The van der Waals surface area contributed by atoms with Crippen molar-refractivity contribution in [3.05, 3.63) is 40.3 Å². The SMILES string of the molecule is Cc1nn(C)c(Nc2cc(F)ccc2Cl)c1C(N)=S. The van der Waals surface area contributed by atoms with Crippen LogP contribution in [0, 0.1) is 12.7 Å². The van der Waals surface area contributed by atoms with E-state index in [1.54, 1.807) is 18.7 Å². The minimum absolute atomic E-state index is 0.223. The maximum Gasteiger partial charge on any atom is 0.138 e. The minimum Gasteiger partial charge on any atom is -0.389 e. The van der Waals surface area contributed by atoms with E-state index in [9.17, 15) is 4.39 Å². The van der Waals surface area contributed by atoms with Crippen LogP contribution in [0.2, 0.25) is 5.02 Å². The Labute approximate surface area is 120 Å². The highest BCUT2D eigenvalue weighted by atomic mass is 35.5. The van der Waals surface area contributed by atoms with E-state index in [0.717, 1.165) is 0 Å². The average molecular weight is 299 g/mol. The van der Waals surface area contributed by atoms with E-state index in [0.29, 0.717) is 27.8 Å². The first-order valence-electron chi connectivity index (χ1n) is 5.45. The summed E-state index contributed by atoms with van der Waals surface area (Å²) >= 11 is 11.0. The molecule has 0 aliphatic carbocycles. The molecule has 0 radical (unpaired) electrons. The number of halogens is 2. The number of aromatic nitrogens is 2. The van der Waals surface area contributed by atoms with Gasteiger partial charge in [-0.25, -0.2) is 4.39 Å². The Hall–Kier alpha value is -1.66. The van der Waals surface area contributed by atoms with E-state index in [1.165, 1.54) is 18.2 Å². The molecule has 0 saturated heterocycles. The number of anilines is 2. The van der Waals surface area contributed by atoms with Gasteiger partial charge >= 0.3 is 0 Å². The number of benzene rings is 1. The number of rotatable bonds is 3. The number of aryl methyl sites for hydroxylation is 2. The predicted molar refractivity (Wildman–Crippen MR) is 78.5 cm³/mol. The number of nitrogens with zero attached hydrogens (tertiary/aromatic N) is 2. The van der Waals surface area contributed by atoms with Gasteiger partial charge in [0.15, 0.2) is 0 Å². The molecule has 2 rings (SSSR count). The molecule has 100 valence electrons. The van der Waals surface area contributed by atoms with Gasteiger partial charge in [-0.15, -0.1) is 0 Å². The van der Waals surface area contributed by atoms with Gasteiger partial charge in [0.1, 0.15) is 16.6 Å². The van der Waals surface area contributed by atoms with E-state index >= 15 is 0 Å². The lowest BCUT2D eigenvalue weighted by Gasteiger charge is -2.10. The highest BCUT2D eigenvalue weighted by molar-refractivity contribution is 7.80. The van der Waals surface area contributed by atoms with Crippen molar-refractivity contribution >= 4 is 40.3 Å². The molecule has 19 heavy (non-hydrogen) atoms. The summed E-state index contributed by atoms with van der Waals surface area (Å²) in [6.45, 7) is 1.80. The van der Waals surface area contributed by atoms with E-state index in [4.69, 9.17) is 29.6 Å². The summed E-state index contributed by atoms with van der Waals surface area (Å²) in [5.74, 6) is 0.195. The number of hydrogen-bond donors (Lipinski definition) is 2. The zero-order valence-corrected chi connectivity index (χ0v) is 11.9. The van der Waals surface area contributed by atoms with Crippen LogP contribution < -0.4 is 11.1 Å². The Morgan fingerprint density at radius 1 is 1.53 bits per heavy atom. The Balaban J connectivity index is 2.49. The second-order valence-corrected chi connectivity index (χ2v) is 4.89. The van der Waals surface area contributed by atoms with Gasteiger partial charge in [-0.05, 0) is 25.1 Å². The van der Waals surface area contributed by atoms with Crippen molar-refractivity contribution in [2.75, 3.05) is 5.32 Å². The topological polar surface area (TPSA) is 55.9 Å². The largest absolute Gasteiger partial charge is 0.389 e. The molecular weight excluding hydrogens is 287 g/mol. The molecule has 0 bridgehead atoms. The molecule has 0 atom stereocenters. The average Bonchev–Trinajstić information content (AvgIpc) is 2.59. The number of nitrogens with one attached hydrogen (secondary N) is 1. The van der Waals surface area contributed by atoms with E-state index < -0.39 is 0 Å². The Morgan fingerprint density at radius 3 is 2.84 bits per heavy atom. The summed E-state index contributed by atoms with van der Waals surface area (Å²) in [6.07, 6.45) is 0. The zero-order valence-electron chi connectivity index (χ0n) is 10.4. The van der Waals surface area contributed by atoms with Crippen molar-refractivity contribution in [3.8, 4) is 0 Å². The van der Waals surface area contributed by atoms with Gasteiger partial charge in [-0.1, -0.05) is 23.8 Å². The van der Waals surface area contributed by atoms with Gasteiger partial charge < -0.3 is 11.1 Å². The van der Waals surface area contributed by atoms with Crippen LogP contribution in [0.3, 0.4) is 0 Å². The maximum atomic E-state index is 13.2. The van der Waals surface area contributed by atoms with Crippen LogP contribution in [0.4, 0.5) is 15.9 Å². The number of nitrogens with two attached hydrogens (primary N) is 1. The third-order valence-electron chi connectivity index (χ3n) is 2.65. The Kier molecular flexibility index (Phi) is 3.73. The Bertz CT molecular complexity index is 653. The molecule has 0 fully saturated rings. The van der Waals surface area contributed by atoms with Crippen molar-refractivity contribution in [1.29, 1.82) is 0 Å². The molecule has 1 aromatic heterocycles. The summed E-state index contributed by atoms with van der Waals surface area (Å²) < 4.78 is 14.8. The van der Waals surface area contributed by atoms with Crippen LogP contribution in [0.15, 0.2) is 18.2 Å². The van der Waals surface area contributed by atoms with Crippen LogP contribution in [-0.2, 0) is 7.05 Å². The van der Waals surface area contributed by atoms with Crippen LogP contribution in [0.5, 0.6) is 0 Å². The second-order valence-electron chi connectivity index (χ2n) is 4.05. The fourth-order valence-electron chi connectivity index (χ4n) is 1.82. The Morgan fingerprint density at radius 2 is 2.21 bits per heavy atom. The normalized spacial score (nSPS) is 10.5. The van der Waals surface area contributed by atoms with Gasteiger partial charge in [0.2, 0.25) is 0 Å². The fraction of sp³-hybridized carbons (Fsp3) is 0.167. The summed E-state index contributed by atoms with van der Waals surface area (Å²) in [7, 11) is 1.74. The van der Waals surface area contributed by atoms with Crippen molar-refractivity contribution in [3.63, 3.8) is 0 Å².